The predicted molar refractivity (Wildman–Crippen MR) is 111 cm³/mol. The van der Waals surface area contributed by atoms with Gasteiger partial charge in [-0.25, -0.2) is 8.42 Å². The first kappa shape index (κ1) is 21.0. The molecule has 0 saturated heterocycles. The molecule has 6 heteroatoms. The largest absolute Gasteiger partial charge is 0.350 e. The van der Waals surface area contributed by atoms with Crippen molar-refractivity contribution in [1.29, 1.82) is 0 Å². The third kappa shape index (κ3) is 5.32. The number of amides is 1. The number of benzene rings is 2. The molecule has 27 heavy (non-hydrogen) atoms. The van der Waals surface area contributed by atoms with Crippen LogP contribution in [0.25, 0.3) is 0 Å². The minimum atomic E-state index is -3.47. The molecule has 0 fully saturated rings. The molecule has 0 aliphatic carbocycles. The molecule has 0 unspecified atom stereocenters. The van der Waals surface area contributed by atoms with Crippen molar-refractivity contribution in [3.8, 4) is 0 Å². The first-order valence-corrected chi connectivity index (χ1v) is 10.9. The minimum Gasteiger partial charge on any atom is -0.350 e. The fourth-order valence-electron chi connectivity index (χ4n) is 2.92. The van der Waals surface area contributed by atoms with Crippen LogP contribution in [-0.2, 0) is 10.0 Å². The summed E-state index contributed by atoms with van der Waals surface area (Å²) in [5.41, 5.74) is 4.37. The number of nitrogens with one attached hydrogen (secondary N) is 1. The zero-order chi connectivity index (χ0) is 20.2. The van der Waals surface area contributed by atoms with E-state index in [1.165, 1.54) is 10.6 Å². The maximum atomic E-state index is 12.4. The van der Waals surface area contributed by atoms with E-state index >= 15 is 0 Å². The first-order valence-electron chi connectivity index (χ1n) is 9.03. The quantitative estimate of drug-likeness (QED) is 0.788. The van der Waals surface area contributed by atoms with Crippen molar-refractivity contribution in [2.45, 2.75) is 33.6 Å². The molecule has 2 aromatic rings. The molecule has 0 aliphatic rings. The molecule has 0 radical (unpaired) electrons. The number of hydrogen-bond acceptors (Lipinski definition) is 3. The van der Waals surface area contributed by atoms with Crippen molar-refractivity contribution in [2.24, 2.45) is 0 Å². The standard InChI is InChI=1S/C21H28N2O3S/c1-15(2)19-8-6-7-9-20(19)23(27(5,25)26)13-12-22-21(24)18-11-10-16(3)17(4)14-18/h6-11,14-15H,12-13H2,1-5H3,(H,22,24). The molecule has 1 amide bonds. The normalized spacial score (nSPS) is 11.5. The van der Waals surface area contributed by atoms with Crippen LogP contribution in [0.15, 0.2) is 42.5 Å². The Morgan fingerprint density at radius 1 is 1.07 bits per heavy atom. The molecule has 0 aliphatic heterocycles. The molecule has 1 N–H and O–H groups in total. The predicted octanol–water partition coefficient (Wildman–Crippen LogP) is 3.62. The highest BCUT2D eigenvalue weighted by Gasteiger charge is 2.21. The number of anilines is 1. The lowest BCUT2D eigenvalue weighted by Gasteiger charge is -2.26. The number of nitrogens with zero attached hydrogens (tertiary/aromatic N) is 1. The highest BCUT2D eigenvalue weighted by atomic mass is 32.2. The van der Waals surface area contributed by atoms with Crippen LogP contribution in [0.2, 0.25) is 0 Å². The van der Waals surface area contributed by atoms with E-state index in [2.05, 4.69) is 5.32 Å². The number of rotatable bonds is 7. The summed E-state index contributed by atoms with van der Waals surface area (Å²) in [5, 5.41) is 2.82. The zero-order valence-corrected chi connectivity index (χ0v) is 17.4. The molecule has 0 heterocycles. The summed E-state index contributed by atoms with van der Waals surface area (Å²) in [6.07, 6.45) is 1.19. The Balaban J connectivity index is 2.15. The monoisotopic (exact) mass is 388 g/mol. The molecule has 0 bridgehead atoms. The van der Waals surface area contributed by atoms with Gasteiger partial charge in [-0.05, 0) is 54.7 Å². The van der Waals surface area contributed by atoms with Crippen LogP contribution in [0.1, 0.15) is 46.8 Å². The lowest BCUT2D eigenvalue weighted by atomic mass is 10.0. The van der Waals surface area contributed by atoms with E-state index < -0.39 is 10.0 Å². The molecule has 5 nitrogen and oxygen atoms in total. The van der Waals surface area contributed by atoms with Crippen LogP contribution in [0.3, 0.4) is 0 Å². The van der Waals surface area contributed by atoms with Gasteiger partial charge in [0.25, 0.3) is 5.91 Å². The topological polar surface area (TPSA) is 66.5 Å². The highest BCUT2D eigenvalue weighted by Crippen LogP contribution is 2.28. The van der Waals surface area contributed by atoms with Gasteiger partial charge in [0.15, 0.2) is 0 Å². The molecule has 2 rings (SSSR count). The molecule has 2 aromatic carbocycles. The van der Waals surface area contributed by atoms with Crippen molar-refractivity contribution in [1.82, 2.24) is 5.32 Å². The molecule has 0 aromatic heterocycles. The van der Waals surface area contributed by atoms with Gasteiger partial charge in [-0.15, -0.1) is 0 Å². The molecular weight excluding hydrogens is 360 g/mol. The van der Waals surface area contributed by atoms with Gasteiger partial charge >= 0.3 is 0 Å². The first-order chi connectivity index (χ1) is 12.6. The minimum absolute atomic E-state index is 0.180. The van der Waals surface area contributed by atoms with Crippen molar-refractivity contribution in [3.05, 3.63) is 64.7 Å². The maximum Gasteiger partial charge on any atom is 0.251 e. The van der Waals surface area contributed by atoms with Gasteiger partial charge in [0.1, 0.15) is 0 Å². The number of para-hydroxylation sites is 1. The summed E-state index contributed by atoms with van der Waals surface area (Å²) in [4.78, 5) is 12.4. The van der Waals surface area contributed by atoms with Crippen LogP contribution in [0, 0.1) is 13.8 Å². The van der Waals surface area contributed by atoms with Gasteiger partial charge in [0.2, 0.25) is 10.0 Å². The lowest BCUT2D eigenvalue weighted by molar-refractivity contribution is 0.0954. The molecule has 0 saturated carbocycles. The van der Waals surface area contributed by atoms with Gasteiger partial charge in [-0.2, -0.15) is 0 Å². The summed E-state index contributed by atoms with van der Waals surface area (Å²) in [6.45, 7) is 8.42. The second-order valence-electron chi connectivity index (χ2n) is 7.10. The van der Waals surface area contributed by atoms with Crippen LogP contribution >= 0.6 is 0 Å². The summed E-state index contributed by atoms with van der Waals surface area (Å²) in [6, 6.07) is 13.0. The molecule has 0 spiro atoms. The van der Waals surface area contributed by atoms with E-state index in [1.54, 1.807) is 6.07 Å². The van der Waals surface area contributed by atoms with E-state index in [1.807, 2.05) is 64.1 Å². The molecular formula is C21H28N2O3S. The smallest absolute Gasteiger partial charge is 0.251 e. The van der Waals surface area contributed by atoms with Crippen LogP contribution in [-0.4, -0.2) is 33.7 Å². The Morgan fingerprint density at radius 2 is 1.74 bits per heavy atom. The highest BCUT2D eigenvalue weighted by molar-refractivity contribution is 7.92. The fourth-order valence-corrected chi connectivity index (χ4v) is 3.87. The number of hydrogen-bond donors (Lipinski definition) is 1. The average molecular weight is 389 g/mol. The van der Waals surface area contributed by atoms with E-state index in [4.69, 9.17) is 0 Å². The van der Waals surface area contributed by atoms with Crippen molar-refractivity contribution >= 4 is 21.6 Å². The number of carbonyl (C=O) groups excluding carboxylic acids is 1. The van der Waals surface area contributed by atoms with Gasteiger partial charge in [-0.3, -0.25) is 9.10 Å². The second-order valence-corrected chi connectivity index (χ2v) is 9.01. The Labute approximate surface area is 162 Å². The second kappa shape index (κ2) is 8.57. The van der Waals surface area contributed by atoms with Crippen LogP contribution in [0.4, 0.5) is 5.69 Å². The zero-order valence-electron chi connectivity index (χ0n) is 16.6. The Bertz CT molecular complexity index is 921. The van der Waals surface area contributed by atoms with Gasteiger partial charge < -0.3 is 5.32 Å². The Hall–Kier alpha value is -2.34. The van der Waals surface area contributed by atoms with Crippen LogP contribution in [0.5, 0.6) is 0 Å². The van der Waals surface area contributed by atoms with E-state index in [9.17, 15) is 13.2 Å². The van der Waals surface area contributed by atoms with Gasteiger partial charge in [-0.1, -0.05) is 38.1 Å². The van der Waals surface area contributed by atoms with E-state index in [0.29, 0.717) is 11.3 Å². The molecule has 146 valence electrons. The van der Waals surface area contributed by atoms with Crippen molar-refractivity contribution in [3.63, 3.8) is 0 Å². The summed E-state index contributed by atoms with van der Waals surface area (Å²) < 4.78 is 26.1. The average Bonchev–Trinajstić information content (AvgIpc) is 2.59. The van der Waals surface area contributed by atoms with E-state index in [0.717, 1.165) is 16.7 Å². The van der Waals surface area contributed by atoms with Gasteiger partial charge in [0.05, 0.1) is 18.5 Å². The third-order valence-corrected chi connectivity index (χ3v) is 5.78. The molecule has 0 atom stereocenters. The van der Waals surface area contributed by atoms with Crippen molar-refractivity contribution in [2.75, 3.05) is 23.7 Å². The fraction of sp³-hybridized carbons (Fsp3) is 0.381. The Kier molecular flexibility index (Phi) is 6.65. The van der Waals surface area contributed by atoms with Crippen LogP contribution < -0.4 is 9.62 Å². The maximum absolute atomic E-state index is 12.4. The summed E-state index contributed by atoms with van der Waals surface area (Å²) >= 11 is 0. The number of sulfonamides is 1. The third-order valence-electron chi connectivity index (χ3n) is 4.60. The van der Waals surface area contributed by atoms with Crippen molar-refractivity contribution < 1.29 is 13.2 Å². The van der Waals surface area contributed by atoms with E-state index in [-0.39, 0.29) is 24.9 Å². The lowest BCUT2D eigenvalue weighted by Crippen LogP contribution is -2.38. The Morgan fingerprint density at radius 3 is 2.33 bits per heavy atom. The number of aryl methyl sites for hydroxylation is 2. The summed E-state index contributed by atoms with van der Waals surface area (Å²) in [7, 11) is -3.47. The number of carbonyl (C=O) groups is 1. The summed E-state index contributed by atoms with van der Waals surface area (Å²) in [5.74, 6) is -0.0146. The van der Waals surface area contributed by atoms with Gasteiger partial charge in [0, 0.05) is 12.1 Å². The SMILES string of the molecule is Cc1ccc(C(=O)NCCN(c2ccccc2C(C)C)S(C)(=O)=O)cc1C.